The number of nitrogens with two attached hydrogens (primary N) is 1. The molecule has 0 saturated heterocycles. The molecule has 2 unspecified atom stereocenters. The van der Waals surface area contributed by atoms with Crippen molar-refractivity contribution >= 4 is 17.1 Å². The minimum absolute atomic E-state index is 0.131. The Balaban J connectivity index is 1.90. The van der Waals surface area contributed by atoms with Crippen molar-refractivity contribution in [3.8, 4) is 0 Å². The third kappa shape index (κ3) is 3.97. The molecule has 3 heterocycles. The van der Waals surface area contributed by atoms with Crippen LogP contribution < -0.4 is 5.73 Å². The molecule has 158 valence electrons. The van der Waals surface area contributed by atoms with E-state index in [1.807, 2.05) is 12.1 Å². The average Bonchev–Trinajstić information content (AvgIpc) is 3.12. The van der Waals surface area contributed by atoms with Crippen LogP contribution in [-0.2, 0) is 9.53 Å². The zero-order chi connectivity index (χ0) is 21.3. The number of fused-ring (bicyclic) bond motifs is 1. The van der Waals surface area contributed by atoms with Crippen molar-refractivity contribution in [2.75, 3.05) is 19.8 Å². The second-order valence-corrected chi connectivity index (χ2v) is 8.68. The second-order valence-electron chi connectivity index (χ2n) is 8.68. The first-order valence-electron chi connectivity index (χ1n) is 10.2. The van der Waals surface area contributed by atoms with Crippen LogP contribution in [0.25, 0.3) is 5.57 Å². The summed E-state index contributed by atoms with van der Waals surface area (Å²) in [4.78, 5) is 27.0. The Bertz CT molecular complexity index is 993. The van der Waals surface area contributed by atoms with Crippen LogP contribution in [0.2, 0.25) is 0 Å². The smallest absolute Gasteiger partial charge is 0.256 e. The van der Waals surface area contributed by atoms with Gasteiger partial charge in [-0.15, -0.1) is 0 Å². The number of ketones is 1. The van der Waals surface area contributed by atoms with Gasteiger partial charge in [-0.1, -0.05) is 25.1 Å². The minimum atomic E-state index is -0.373. The molecule has 8 nitrogen and oxygen atoms in total. The molecule has 30 heavy (non-hydrogen) atoms. The number of allylic oxidation sites excluding steroid dienone is 1. The topological polar surface area (TPSA) is 116 Å². The normalized spacial score (nSPS) is 23.3. The minimum Gasteiger partial charge on any atom is -0.374 e. The van der Waals surface area contributed by atoms with E-state index in [0.717, 1.165) is 23.3 Å². The van der Waals surface area contributed by atoms with Gasteiger partial charge in [0, 0.05) is 42.6 Å². The number of Topliss-reactive ketones (excluding diaryl/α,β-unsaturated/α-hetero) is 1. The molecule has 2 aromatic rings. The molecule has 2 aromatic heterocycles. The zero-order valence-electron chi connectivity index (χ0n) is 17.6. The summed E-state index contributed by atoms with van der Waals surface area (Å²) in [6, 6.07) is 3.86. The molecule has 1 saturated carbocycles. The van der Waals surface area contributed by atoms with E-state index in [0.29, 0.717) is 37.0 Å². The van der Waals surface area contributed by atoms with Gasteiger partial charge in [0.1, 0.15) is 5.78 Å². The third-order valence-corrected chi connectivity index (χ3v) is 5.55. The van der Waals surface area contributed by atoms with E-state index >= 15 is 0 Å². The van der Waals surface area contributed by atoms with Crippen molar-refractivity contribution in [3.63, 3.8) is 0 Å². The summed E-state index contributed by atoms with van der Waals surface area (Å²) >= 11 is 0. The van der Waals surface area contributed by atoms with Gasteiger partial charge in [-0.25, -0.2) is 0 Å². The number of aryl methyl sites for hydroxylation is 1. The molecule has 0 amide bonds. The number of aromatic nitrogens is 3. The summed E-state index contributed by atoms with van der Waals surface area (Å²) in [5.41, 5.74) is 8.72. The molecule has 1 aliphatic carbocycles. The molecule has 1 fully saturated rings. The van der Waals surface area contributed by atoms with E-state index in [9.17, 15) is 4.79 Å². The summed E-state index contributed by atoms with van der Waals surface area (Å²) in [5, 5.41) is 3.97. The van der Waals surface area contributed by atoms with Crippen LogP contribution in [0.4, 0.5) is 0 Å². The number of aliphatic imine (C=N–C) groups is 1. The Labute approximate surface area is 175 Å². The highest BCUT2D eigenvalue weighted by atomic mass is 16.5. The van der Waals surface area contributed by atoms with Gasteiger partial charge >= 0.3 is 0 Å². The SMILES string of the molecule is Cc1noc(C2=C(COCCN)N=C3CC(C)(C)CC(=O)C3C2c2cccnc2)n1. The molecule has 2 atom stereocenters. The van der Waals surface area contributed by atoms with E-state index in [4.69, 9.17) is 20.0 Å². The van der Waals surface area contributed by atoms with Gasteiger partial charge < -0.3 is 15.0 Å². The monoisotopic (exact) mass is 409 g/mol. The molecular formula is C22H27N5O3. The summed E-state index contributed by atoms with van der Waals surface area (Å²) in [6.45, 7) is 7.06. The maximum Gasteiger partial charge on any atom is 0.256 e. The van der Waals surface area contributed by atoms with Crippen molar-refractivity contribution in [2.45, 2.75) is 39.5 Å². The Kier molecular flexibility index (Phi) is 5.62. The molecular weight excluding hydrogens is 382 g/mol. The fraction of sp³-hybridized carbons (Fsp3) is 0.500. The number of nitrogens with zero attached hydrogens (tertiary/aromatic N) is 4. The number of hydrogen-bond donors (Lipinski definition) is 1. The molecule has 8 heteroatoms. The van der Waals surface area contributed by atoms with E-state index in [-0.39, 0.29) is 29.6 Å². The first-order valence-corrected chi connectivity index (χ1v) is 10.2. The number of hydrogen-bond acceptors (Lipinski definition) is 8. The summed E-state index contributed by atoms with van der Waals surface area (Å²) in [7, 11) is 0. The maximum atomic E-state index is 13.3. The lowest BCUT2D eigenvalue weighted by molar-refractivity contribution is -0.124. The number of rotatable bonds is 6. The maximum absolute atomic E-state index is 13.3. The van der Waals surface area contributed by atoms with Crippen molar-refractivity contribution < 1.29 is 14.1 Å². The van der Waals surface area contributed by atoms with Crippen molar-refractivity contribution in [2.24, 2.45) is 22.1 Å². The molecule has 0 spiro atoms. The van der Waals surface area contributed by atoms with Gasteiger partial charge in [-0.05, 0) is 30.4 Å². The molecule has 0 aromatic carbocycles. The van der Waals surface area contributed by atoms with E-state index in [2.05, 4.69) is 29.0 Å². The van der Waals surface area contributed by atoms with Crippen molar-refractivity contribution in [1.82, 2.24) is 15.1 Å². The molecule has 4 rings (SSSR count). The van der Waals surface area contributed by atoms with Gasteiger partial charge in [0.15, 0.2) is 5.82 Å². The highest BCUT2D eigenvalue weighted by Gasteiger charge is 2.47. The molecule has 2 N–H and O–H groups in total. The number of ether oxygens (including phenoxy) is 1. The number of carbonyl (C=O) groups is 1. The summed E-state index contributed by atoms with van der Waals surface area (Å²) in [5.74, 6) is 0.395. The molecule has 1 aliphatic heterocycles. The second kappa shape index (κ2) is 8.20. The standard InChI is InChI=1S/C22H27N5O3/c1-13-25-21(30-27-13)20-16(12-29-8-6-23)26-15-9-22(2,3)10-17(28)19(15)18(20)14-5-4-7-24-11-14/h4-5,7,11,18-19H,6,8-10,12,23H2,1-3H3. The van der Waals surface area contributed by atoms with Gasteiger partial charge in [0.2, 0.25) is 0 Å². The fourth-order valence-electron chi connectivity index (χ4n) is 4.44. The Morgan fingerprint density at radius 3 is 2.80 bits per heavy atom. The van der Waals surface area contributed by atoms with Crippen LogP contribution in [0, 0.1) is 18.3 Å². The Hall–Kier alpha value is -2.71. The zero-order valence-corrected chi connectivity index (χ0v) is 17.6. The van der Waals surface area contributed by atoms with Gasteiger partial charge in [-0.2, -0.15) is 4.98 Å². The fourth-order valence-corrected chi connectivity index (χ4v) is 4.44. The van der Waals surface area contributed by atoms with Gasteiger partial charge in [-0.3, -0.25) is 14.8 Å². The van der Waals surface area contributed by atoms with E-state index < -0.39 is 0 Å². The van der Waals surface area contributed by atoms with Crippen LogP contribution in [0.15, 0.2) is 39.7 Å². The van der Waals surface area contributed by atoms with Crippen molar-refractivity contribution in [3.05, 3.63) is 47.5 Å². The molecule has 2 aliphatic rings. The lowest BCUT2D eigenvalue weighted by Gasteiger charge is -2.41. The van der Waals surface area contributed by atoms with E-state index in [1.54, 1.807) is 19.3 Å². The Morgan fingerprint density at radius 2 is 2.13 bits per heavy atom. The van der Waals surface area contributed by atoms with E-state index in [1.165, 1.54) is 0 Å². The lowest BCUT2D eigenvalue weighted by atomic mass is 9.63. The number of carbonyl (C=O) groups excluding carboxylic acids is 1. The highest BCUT2D eigenvalue weighted by Crippen LogP contribution is 2.49. The number of pyridine rings is 1. The summed E-state index contributed by atoms with van der Waals surface area (Å²) in [6.07, 6.45) is 4.76. The predicted molar refractivity (Wildman–Crippen MR) is 112 cm³/mol. The summed E-state index contributed by atoms with van der Waals surface area (Å²) < 4.78 is 11.3. The quantitative estimate of drug-likeness (QED) is 0.729. The van der Waals surface area contributed by atoms with Crippen molar-refractivity contribution in [1.29, 1.82) is 0 Å². The first-order chi connectivity index (χ1) is 14.4. The van der Waals surface area contributed by atoms with Crippen LogP contribution >= 0.6 is 0 Å². The van der Waals surface area contributed by atoms with Gasteiger partial charge in [0.05, 0.1) is 24.8 Å². The molecule has 0 radical (unpaired) electrons. The predicted octanol–water partition coefficient (Wildman–Crippen LogP) is 2.70. The third-order valence-electron chi connectivity index (χ3n) is 5.55. The van der Waals surface area contributed by atoms with Crippen LogP contribution in [-0.4, -0.2) is 46.4 Å². The Morgan fingerprint density at radius 1 is 1.30 bits per heavy atom. The largest absolute Gasteiger partial charge is 0.374 e. The first kappa shape index (κ1) is 20.6. The average molecular weight is 409 g/mol. The van der Waals surface area contributed by atoms with Crippen LogP contribution in [0.5, 0.6) is 0 Å². The van der Waals surface area contributed by atoms with Crippen LogP contribution in [0.3, 0.4) is 0 Å². The van der Waals surface area contributed by atoms with Crippen LogP contribution in [0.1, 0.15) is 49.9 Å². The lowest BCUT2D eigenvalue weighted by Crippen LogP contribution is -2.43. The van der Waals surface area contributed by atoms with Gasteiger partial charge in [0.25, 0.3) is 5.89 Å². The highest BCUT2D eigenvalue weighted by molar-refractivity contribution is 6.12. The molecule has 0 bridgehead atoms.